The standard InChI is InChI=1S/C15H25N3O3S/c1-10(2)18-22(19,20)11-7-6-8-16-14(11)17-12-9-13(21-5)15(12,3)4/h6-8,10,12-13,18H,9H2,1-5H3,(H,16,17). The largest absolute Gasteiger partial charge is 0.381 e. The lowest BCUT2D eigenvalue weighted by atomic mass is 9.64. The van der Waals surface area contributed by atoms with Crippen LogP contribution in [0.3, 0.4) is 0 Å². The third kappa shape index (κ3) is 3.26. The topological polar surface area (TPSA) is 80.3 Å². The van der Waals surface area contributed by atoms with Gasteiger partial charge in [0.1, 0.15) is 10.7 Å². The van der Waals surface area contributed by atoms with Crippen LogP contribution in [0, 0.1) is 5.41 Å². The molecule has 1 aromatic heterocycles. The van der Waals surface area contributed by atoms with Gasteiger partial charge in [-0.2, -0.15) is 0 Å². The van der Waals surface area contributed by atoms with E-state index in [-0.39, 0.29) is 28.5 Å². The van der Waals surface area contributed by atoms with Crippen LogP contribution in [0.1, 0.15) is 34.1 Å². The van der Waals surface area contributed by atoms with Gasteiger partial charge in [-0.25, -0.2) is 18.1 Å². The Balaban J connectivity index is 2.24. The van der Waals surface area contributed by atoms with Crippen molar-refractivity contribution in [1.29, 1.82) is 0 Å². The van der Waals surface area contributed by atoms with Crippen molar-refractivity contribution in [3.05, 3.63) is 18.3 Å². The van der Waals surface area contributed by atoms with Crippen LogP contribution in [0.5, 0.6) is 0 Å². The molecule has 22 heavy (non-hydrogen) atoms. The van der Waals surface area contributed by atoms with Crippen molar-refractivity contribution in [2.45, 2.75) is 57.2 Å². The Morgan fingerprint density at radius 3 is 2.64 bits per heavy atom. The molecule has 0 amide bonds. The van der Waals surface area contributed by atoms with Crippen LogP contribution in [0.2, 0.25) is 0 Å². The molecule has 2 N–H and O–H groups in total. The first-order valence-electron chi connectivity index (χ1n) is 7.45. The van der Waals surface area contributed by atoms with Gasteiger partial charge in [-0.3, -0.25) is 0 Å². The van der Waals surface area contributed by atoms with E-state index in [2.05, 4.69) is 28.9 Å². The number of anilines is 1. The van der Waals surface area contributed by atoms with E-state index < -0.39 is 10.0 Å². The molecular formula is C15H25N3O3S. The second kappa shape index (κ2) is 6.14. The molecule has 2 unspecified atom stereocenters. The Kier molecular flexibility index (Phi) is 4.79. The maximum Gasteiger partial charge on any atom is 0.244 e. The monoisotopic (exact) mass is 327 g/mol. The van der Waals surface area contributed by atoms with E-state index in [1.165, 1.54) is 0 Å². The fourth-order valence-corrected chi connectivity index (χ4v) is 4.16. The van der Waals surface area contributed by atoms with Crippen molar-refractivity contribution >= 4 is 15.8 Å². The fourth-order valence-electron chi connectivity index (χ4n) is 2.78. The number of aromatic nitrogens is 1. The van der Waals surface area contributed by atoms with Crippen LogP contribution < -0.4 is 10.0 Å². The van der Waals surface area contributed by atoms with E-state index in [0.29, 0.717) is 5.82 Å². The van der Waals surface area contributed by atoms with Crippen molar-refractivity contribution in [3.8, 4) is 0 Å². The van der Waals surface area contributed by atoms with E-state index in [1.807, 2.05) is 0 Å². The quantitative estimate of drug-likeness (QED) is 0.835. The number of pyridine rings is 1. The van der Waals surface area contributed by atoms with Crippen LogP contribution in [0.25, 0.3) is 0 Å². The van der Waals surface area contributed by atoms with Gasteiger partial charge in [-0.15, -0.1) is 0 Å². The normalized spacial score (nSPS) is 24.1. The van der Waals surface area contributed by atoms with Gasteiger partial charge in [0.05, 0.1) is 6.10 Å². The average Bonchev–Trinajstić information content (AvgIpc) is 2.42. The summed E-state index contributed by atoms with van der Waals surface area (Å²) in [6, 6.07) is 3.15. The molecular weight excluding hydrogens is 302 g/mol. The molecule has 1 fully saturated rings. The predicted molar refractivity (Wildman–Crippen MR) is 86.3 cm³/mol. The summed E-state index contributed by atoms with van der Waals surface area (Å²) >= 11 is 0. The molecule has 6 nitrogen and oxygen atoms in total. The third-order valence-corrected chi connectivity index (χ3v) is 5.91. The van der Waals surface area contributed by atoms with Gasteiger partial charge >= 0.3 is 0 Å². The van der Waals surface area contributed by atoms with E-state index in [4.69, 9.17) is 4.74 Å². The number of nitrogens with one attached hydrogen (secondary N) is 2. The molecule has 0 radical (unpaired) electrons. The maximum atomic E-state index is 12.4. The lowest BCUT2D eigenvalue weighted by Crippen LogP contribution is -2.57. The molecule has 1 heterocycles. The van der Waals surface area contributed by atoms with Crippen molar-refractivity contribution in [1.82, 2.24) is 9.71 Å². The summed E-state index contributed by atoms with van der Waals surface area (Å²) in [5.41, 5.74) is -0.0707. The van der Waals surface area contributed by atoms with Crippen LogP contribution in [-0.2, 0) is 14.8 Å². The van der Waals surface area contributed by atoms with Crippen LogP contribution in [0.15, 0.2) is 23.2 Å². The first kappa shape index (κ1) is 17.2. The number of hydrogen-bond donors (Lipinski definition) is 2. The number of rotatable bonds is 6. The van der Waals surface area contributed by atoms with Gasteiger partial charge in [0.15, 0.2) is 0 Å². The molecule has 7 heteroatoms. The van der Waals surface area contributed by atoms with Gasteiger partial charge < -0.3 is 10.1 Å². The van der Waals surface area contributed by atoms with E-state index >= 15 is 0 Å². The summed E-state index contributed by atoms with van der Waals surface area (Å²) in [6.45, 7) is 7.79. The van der Waals surface area contributed by atoms with Gasteiger partial charge in [-0.1, -0.05) is 13.8 Å². The van der Waals surface area contributed by atoms with Gasteiger partial charge in [0, 0.05) is 30.8 Å². The minimum absolute atomic E-state index is 0.0707. The Morgan fingerprint density at radius 1 is 1.41 bits per heavy atom. The van der Waals surface area contributed by atoms with Crippen LogP contribution in [0.4, 0.5) is 5.82 Å². The first-order valence-corrected chi connectivity index (χ1v) is 8.93. The molecule has 124 valence electrons. The highest BCUT2D eigenvalue weighted by Gasteiger charge is 2.49. The second-order valence-corrected chi connectivity index (χ2v) is 8.29. The van der Waals surface area contributed by atoms with Crippen molar-refractivity contribution in [2.75, 3.05) is 12.4 Å². The lowest BCUT2D eigenvalue weighted by Gasteiger charge is -2.51. The van der Waals surface area contributed by atoms with Crippen LogP contribution >= 0.6 is 0 Å². The SMILES string of the molecule is COC1CC(Nc2ncccc2S(=O)(=O)NC(C)C)C1(C)C. The molecule has 0 aromatic carbocycles. The molecule has 2 atom stereocenters. The van der Waals surface area contributed by atoms with Crippen molar-refractivity contribution < 1.29 is 13.2 Å². The van der Waals surface area contributed by atoms with E-state index in [0.717, 1.165) is 6.42 Å². The Bertz CT molecular complexity index is 629. The molecule has 1 aromatic rings. The number of methoxy groups -OCH3 is 1. The number of nitrogens with zero attached hydrogens (tertiary/aromatic N) is 1. The van der Waals surface area contributed by atoms with E-state index in [1.54, 1.807) is 39.3 Å². The van der Waals surface area contributed by atoms with Gasteiger partial charge in [-0.05, 0) is 32.4 Å². The zero-order valence-electron chi connectivity index (χ0n) is 13.8. The maximum absolute atomic E-state index is 12.4. The molecule has 2 rings (SSSR count). The van der Waals surface area contributed by atoms with Crippen molar-refractivity contribution in [3.63, 3.8) is 0 Å². The first-order chi connectivity index (χ1) is 10.2. The fraction of sp³-hybridized carbons (Fsp3) is 0.667. The minimum Gasteiger partial charge on any atom is -0.381 e. The van der Waals surface area contributed by atoms with E-state index in [9.17, 15) is 8.42 Å². The zero-order valence-corrected chi connectivity index (χ0v) is 14.6. The Hall–Kier alpha value is -1.18. The highest BCUT2D eigenvalue weighted by Crippen LogP contribution is 2.44. The van der Waals surface area contributed by atoms with Crippen molar-refractivity contribution in [2.24, 2.45) is 5.41 Å². The van der Waals surface area contributed by atoms with Gasteiger partial charge in [0.25, 0.3) is 0 Å². The highest BCUT2D eigenvalue weighted by atomic mass is 32.2. The number of ether oxygens (including phenoxy) is 1. The summed E-state index contributed by atoms with van der Waals surface area (Å²) in [7, 11) is -1.88. The zero-order chi connectivity index (χ0) is 16.5. The highest BCUT2D eigenvalue weighted by molar-refractivity contribution is 7.89. The molecule has 0 saturated heterocycles. The minimum atomic E-state index is -3.58. The molecule has 0 bridgehead atoms. The molecule has 0 aliphatic heterocycles. The van der Waals surface area contributed by atoms with Gasteiger partial charge in [0.2, 0.25) is 10.0 Å². The average molecular weight is 327 g/mol. The smallest absolute Gasteiger partial charge is 0.244 e. The molecule has 1 aliphatic carbocycles. The second-order valence-electron chi connectivity index (χ2n) is 6.60. The summed E-state index contributed by atoms with van der Waals surface area (Å²) in [5.74, 6) is 0.392. The summed E-state index contributed by atoms with van der Waals surface area (Å²) in [5, 5.41) is 3.27. The molecule has 1 aliphatic rings. The summed E-state index contributed by atoms with van der Waals surface area (Å²) in [6.07, 6.45) is 2.59. The predicted octanol–water partition coefficient (Wildman–Crippen LogP) is 1.99. The Morgan fingerprint density at radius 2 is 2.09 bits per heavy atom. The third-order valence-electron chi connectivity index (χ3n) is 4.22. The lowest BCUT2D eigenvalue weighted by molar-refractivity contribution is -0.0796. The summed E-state index contributed by atoms with van der Waals surface area (Å²) in [4.78, 5) is 4.40. The number of sulfonamides is 1. The van der Waals surface area contributed by atoms with Crippen LogP contribution in [-0.4, -0.2) is 38.7 Å². The Labute approximate surface area is 132 Å². The molecule has 1 saturated carbocycles. The summed E-state index contributed by atoms with van der Waals surface area (Å²) < 4.78 is 32.9. The number of hydrogen-bond acceptors (Lipinski definition) is 5. The molecule has 0 spiro atoms.